The summed E-state index contributed by atoms with van der Waals surface area (Å²) in [5, 5.41) is 9.66. The van der Waals surface area contributed by atoms with Gasteiger partial charge in [0.2, 0.25) is 5.91 Å². The Kier molecular flexibility index (Phi) is 4.72. The van der Waals surface area contributed by atoms with Crippen LogP contribution in [0.2, 0.25) is 5.02 Å². The van der Waals surface area contributed by atoms with E-state index in [1.807, 2.05) is 24.0 Å². The van der Waals surface area contributed by atoms with Gasteiger partial charge >= 0.3 is 5.97 Å². The standard InChI is InChI=1S/C18H22ClNO4/c1-2-24-16-12(4-3-5-14(16)19)10-15(21)20-8-6-18(7-9-20)11-13(18)17(22)23/h3-5,13H,2,6-11H2,1H3,(H,22,23). The van der Waals surface area contributed by atoms with Crippen molar-refractivity contribution in [2.75, 3.05) is 19.7 Å². The number of nitrogens with zero attached hydrogens (tertiary/aromatic N) is 1. The van der Waals surface area contributed by atoms with Gasteiger partial charge in [0.25, 0.3) is 0 Å². The van der Waals surface area contributed by atoms with Crippen LogP contribution in [0, 0.1) is 11.3 Å². The number of benzene rings is 1. The number of likely N-dealkylation sites (tertiary alicyclic amines) is 1. The van der Waals surface area contributed by atoms with Crippen molar-refractivity contribution >= 4 is 23.5 Å². The molecular weight excluding hydrogens is 330 g/mol. The number of carboxylic acids is 1. The minimum atomic E-state index is -0.699. The molecule has 1 aromatic rings. The summed E-state index contributed by atoms with van der Waals surface area (Å²) in [6, 6.07) is 5.44. The molecule has 1 heterocycles. The number of piperidine rings is 1. The minimum Gasteiger partial charge on any atom is -0.492 e. The van der Waals surface area contributed by atoms with Crippen LogP contribution < -0.4 is 4.74 Å². The van der Waals surface area contributed by atoms with E-state index in [1.54, 1.807) is 6.07 Å². The van der Waals surface area contributed by atoms with Gasteiger partial charge in [0.15, 0.2) is 0 Å². The molecule has 2 aliphatic rings. The number of aliphatic carboxylic acids is 1. The second-order valence-corrected chi connectivity index (χ2v) is 7.08. The van der Waals surface area contributed by atoms with E-state index >= 15 is 0 Å². The maximum absolute atomic E-state index is 12.6. The van der Waals surface area contributed by atoms with Crippen molar-refractivity contribution in [3.63, 3.8) is 0 Å². The molecule has 130 valence electrons. The highest BCUT2D eigenvalue weighted by atomic mass is 35.5. The molecule has 1 atom stereocenters. The van der Waals surface area contributed by atoms with Gasteiger partial charge in [-0.15, -0.1) is 0 Å². The number of hydrogen-bond acceptors (Lipinski definition) is 3. The largest absolute Gasteiger partial charge is 0.492 e. The first-order valence-electron chi connectivity index (χ1n) is 8.37. The molecule has 0 aromatic heterocycles. The van der Waals surface area contributed by atoms with Crippen LogP contribution in [0.4, 0.5) is 0 Å². The number of carboxylic acid groups (broad SMARTS) is 1. The van der Waals surface area contributed by atoms with E-state index in [1.165, 1.54) is 0 Å². The van der Waals surface area contributed by atoms with E-state index in [9.17, 15) is 9.59 Å². The van der Waals surface area contributed by atoms with Crippen LogP contribution in [-0.2, 0) is 16.0 Å². The van der Waals surface area contributed by atoms with Gasteiger partial charge in [0.1, 0.15) is 5.75 Å². The average Bonchev–Trinajstić information content (AvgIpc) is 3.25. The Labute approximate surface area is 146 Å². The quantitative estimate of drug-likeness (QED) is 0.885. The Balaban J connectivity index is 1.61. The fourth-order valence-corrected chi connectivity index (χ4v) is 3.97. The number of hydrogen-bond donors (Lipinski definition) is 1. The fraction of sp³-hybridized carbons (Fsp3) is 0.556. The predicted molar refractivity (Wildman–Crippen MR) is 90.3 cm³/mol. The lowest BCUT2D eigenvalue weighted by Gasteiger charge is -2.32. The number of carbonyl (C=O) groups excluding carboxylic acids is 1. The molecule has 6 heteroatoms. The molecule has 1 saturated carbocycles. The molecule has 1 spiro atoms. The van der Waals surface area contributed by atoms with Gasteiger partial charge in [0, 0.05) is 18.7 Å². The summed E-state index contributed by atoms with van der Waals surface area (Å²) in [5.74, 6) is -0.292. The molecule has 1 aliphatic carbocycles. The van der Waals surface area contributed by atoms with Crippen LogP contribution in [0.1, 0.15) is 31.7 Å². The molecule has 3 rings (SSSR count). The van der Waals surface area contributed by atoms with E-state index in [-0.39, 0.29) is 23.7 Å². The van der Waals surface area contributed by atoms with Gasteiger partial charge in [-0.2, -0.15) is 0 Å². The fourth-order valence-electron chi connectivity index (χ4n) is 3.72. The normalized spacial score (nSPS) is 21.6. The Bertz CT molecular complexity index is 652. The summed E-state index contributed by atoms with van der Waals surface area (Å²) in [6.07, 6.45) is 2.57. The maximum Gasteiger partial charge on any atom is 0.307 e. The number of ether oxygens (including phenoxy) is 1. The van der Waals surface area contributed by atoms with Crippen molar-refractivity contribution in [1.29, 1.82) is 0 Å². The van der Waals surface area contributed by atoms with Crippen molar-refractivity contribution in [2.24, 2.45) is 11.3 Å². The topological polar surface area (TPSA) is 66.8 Å². The molecule has 24 heavy (non-hydrogen) atoms. The van der Waals surface area contributed by atoms with Crippen molar-refractivity contribution < 1.29 is 19.4 Å². The SMILES string of the molecule is CCOc1c(Cl)cccc1CC(=O)N1CCC2(CC1)CC2C(=O)O. The molecule has 5 nitrogen and oxygen atoms in total. The highest BCUT2D eigenvalue weighted by molar-refractivity contribution is 6.32. The van der Waals surface area contributed by atoms with Gasteiger partial charge in [-0.1, -0.05) is 23.7 Å². The zero-order chi connectivity index (χ0) is 17.3. The zero-order valence-corrected chi connectivity index (χ0v) is 14.5. The van der Waals surface area contributed by atoms with E-state index in [0.717, 1.165) is 24.8 Å². The summed E-state index contributed by atoms with van der Waals surface area (Å²) in [6.45, 7) is 3.64. The summed E-state index contributed by atoms with van der Waals surface area (Å²) in [5.41, 5.74) is 0.735. The second-order valence-electron chi connectivity index (χ2n) is 6.68. The van der Waals surface area contributed by atoms with Crippen LogP contribution in [0.3, 0.4) is 0 Å². The molecule has 1 aliphatic heterocycles. The lowest BCUT2D eigenvalue weighted by atomic mass is 9.90. The number of rotatable bonds is 5. The molecule has 2 fully saturated rings. The van der Waals surface area contributed by atoms with Crippen molar-refractivity contribution in [2.45, 2.75) is 32.6 Å². The third-order valence-electron chi connectivity index (χ3n) is 5.28. The number of para-hydroxylation sites is 1. The summed E-state index contributed by atoms with van der Waals surface area (Å²) >= 11 is 6.16. The predicted octanol–water partition coefficient (Wildman–Crippen LogP) is 2.99. The Hall–Kier alpha value is -1.75. The highest BCUT2D eigenvalue weighted by Crippen LogP contribution is 2.59. The average molecular weight is 352 g/mol. The number of carbonyl (C=O) groups is 2. The van der Waals surface area contributed by atoms with Gasteiger partial charge in [-0.05, 0) is 37.7 Å². The Morgan fingerprint density at radius 3 is 2.67 bits per heavy atom. The van der Waals surface area contributed by atoms with Crippen LogP contribution in [-0.4, -0.2) is 41.6 Å². The third-order valence-corrected chi connectivity index (χ3v) is 5.58. The Morgan fingerprint density at radius 1 is 1.38 bits per heavy atom. The number of halogens is 1. The molecular formula is C18H22ClNO4. The molecule has 1 saturated heterocycles. The van der Waals surface area contributed by atoms with Crippen molar-refractivity contribution in [3.8, 4) is 5.75 Å². The first-order chi connectivity index (χ1) is 11.5. The van der Waals surface area contributed by atoms with E-state index in [2.05, 4.69) is 0 Å². The Morgan fingerprint density at radius 2 is 2.08 bits per heavy atom. The van der Waals surface area contributed by atoms with Gasteiger partial charge in [-0.3, -0.25) is 9.59 Å². The monoisotopic (exact) mass is 351 g/mol. The van der Waals surface area contributed by atoms with Gasteiger partial charge < -0.3 is 14.7 Å². The highest BCUT2D eigenvalue weighted by Gasteiger charge is 2.59. The van der Waals surface area contributed by atoms with Crippen LogP contribution >= 0.6 is 11.6 Å². The molecule has 0 radical (unpaired) electrons. The first-order valence-corrected chi connectivity index (χ1v) is 8.75. The summed E-state index contributed by atoms with van der Waals surface area (Å²) in [7, 11) is 0. The van der Waals surface area contributed by atoms with Gasteiger partial charge in [-0.25, -0.2) is 0 Å². The second kappa shape index (κ2) is 6.63. The lowest BCUT2D eigenvalue weighted by Crippen LogP contribution is -2.40. The third kappa shape index (κ3) is 3.22. The summed E-state index contributed by atoms with van der Waals surface area (Å²) in [4.78, 5) is 25.5. The van der Waals surface area contributed by atoms with Crippen molar-refractivity contribution in [1.82, 2.24) is 4.90 Å². The zero-order valence-electron chi connectivity index (χ0n) is 13.8. The van der Waals surface area contributed by atoms with Crippen LogP contribution in [0.25, 0.3) is 0 Å². The first kappa shape index (κ1) is 17.1. The maximum atomic E-state index is 12.6. The minimum absolute atomic E-state index is 0.0422. The van der Waals surface area contributed by atoms with E-state index in [0.29, 0.717) is 30.5 Å². The lowest BCUT2D eigenvalue weighted by molar-refractivity contribution is -0.139. The van der Waals surface area contributed by atoms with Crippen LogP contribution in [0.5, 0.6) is 5.75 Å². The molecule has 1 amide bonds. The van der Waals surface area contributed by atoms with Gasteiger partial charge in [0.05, 0.1) is 24.0 Å². The smallest absolute Gasteiger partial charge is 0.307 e. The molecule has 1 unspecified atom stereocenters. The summed E-state index contributed by atoms with van der Waals surface area (Å²) < 4.78 is 5.57. The van der Waals surface area contributed by atoms with Crippen molar-refractivity contribution in [3.05, 3.63) is 28.8 Å². The molecule has 1 aromatic carbocycles. The molecule has 0 bridgehead atoms. The number of amides is 1. The van der Waals surface area contributed by atoms with Crippen LogP contribution in [0.15, 0.2) is 18.2 Å². The molecule has 1 N–H and O–H groups in total. The van der Waals surface area contributed by atoms with E-state index < -0.39 is 5.97 Å². The van der Waals surface area contributed by atoms with E-state index in [4.69, 9.17) is 21.4 Å².